The first-order chi connectivity index (χ1) is 5.33. The zero-order valence-corrected chi connectivity index (χ0v) is 6.88. The van der Waals surface area contributed by atoms with Gasteiger partial charge in [-0.25, -0.2) is 4.79 Å². The topological polar surface area (TPSA) is 26.3 Å². The van der Waals surface area contributed by atoms with Crippen molar-refractivity contribution in [2.75, 3.05) is 7.11 Å². The Hall–Kier alpha value is -0.790. The maximum atomic E-state index is 10.7. The van der Waals surface area contributed by atoms with Gasteiger partial charge in [-0.05, 0) is 18.8 Å². The molecule has 0 heterocycles. The Morgan fingerprint density at radius 3 is 2.64 bits per heavy atom. The molecule has 0 amide bonds. The van der Waals surface area contributed by atoms with Gasteiger partial charge in [0.05, 0.1) is 7.11 Å². The molecule has 0 atom stereocenters. The normalized spacial score (nSPS) is 19.4. The summed E-state index contributed by atoms with van der Waals surface area (Å²) in [6, 6.07) is 0. The van der Waals surface area contributed by atoms with Crippen LogP contribution in [0.3, 0.4) is 0 Å². The molecule has 11 heavy (non-hydrogen) atoms. The van der Waals surface area contributed by atoms with Crippen LogP contribution < -0.4 is 0 Å². The highest BCUT2D eigenvalue weighted by Crippen LogP contribution is 2.25. The van der Waals surface area contributed by atoms with Crippen LogP contribution >= 0.6 is 0 Å². The highest BCUT2D eigenvalue weighted by Gasteiger charge is 2.11. The summed E-state index contributed by atoms with van der Waals surface area (Å²) in [7, 11) is 1.40. The zero-order chi connectivity index (χ0) is 8.10. The van der Waals surface area contributed by atoms with E-state index in [9.17, 15) is 4.79 Å². The summed E-state index contributed by atoms with van der Waals surface area (Å²) in [6.45, 7) is 0. The van der Waals surface area contributed by atoms with Crippen molar-refractivity contribution in [3.05, 3.63) is 12.2 Å². The second-order valence-electron chi connectivity index (χ2n) is 2.93. The Kier molecular flexibility index (Phi) is 3.14. The Morgan fingerprint density at radius 1 is 1.45 bits per heavy atom. The van der Waals surface area contributed by atoms with Crippen LogP contribution in [0.1, 0.15) is 25.7 Å². The van der Waals surface area contributed by atoms with Gasteiger partial charge in [0.25, 0.3) is 0 Å². The second-order valence-corrected chi connectivity index (χ2v) is 2.93. The number of hydrogen-bond acceptors (Lipinski definition) is 2. The summed E-state index contributed by atoms with van der Waals surface area (Å²) in [5, 5.41) is 0. The number of methoxy groups -OCH3 is 1. The monoisotopic (exact) mass is 154 g/mol. The van der Waals surface area contributed by atoms with Crippen LogP contribution in [-0.4, -0.2) is 13.1 Å². The van der Waals surface area contributed by atoms with E-state index in [1.165, 1.54) is 38.9 Å². The molecule has 2 heteroatoms. The molecule has 0 unspecified atom stereocenters. The lowest BCUT2D eigenvalue weighted by Crippen LogP contribution is -1.95. The van der Waals surface area contributed by atoms with Gasteiger partial charge in [-0.3, -0.25) is 0 Å². The minimum absolute atomic E-state index is 0.239. The molecule has 0 bridgehead atoms. The van der Waals surface area contributed by atoms with E-state index in [4.69, 9.17) is 0 Å². The first kappa shape index (κ1) is 8.31. The van der Waals surface area contributed by atoms with E-state index in [0.717, 1.165) is 0 Å². The Balaban J connectivity index is 2.27. The van der Waals surface area contributed by atoms with Crippen molar-refractivity contribution >= 4 is 5.97 Å². The molecule has 0 spiro atoms. The highest BCUT2D eigenvalue weighted by molar-refractivity contribution is 5.81. The van der Waals surface area contributed by atoms with Crippen LogP contribution in [0.5, 0.6) is 0 Å². The van der Waals surface area contributed by atoms with Gasteiger partial charge >= 0.3 is 5.97 Å². The van der Waals surface area contributed by atoms with Crippen LogP contribution in [0.25, 0.3) is 0 Å². The van der Waals surface area contributed by atoms with Crippen molar-refractivity contribution in [3.63, 3.8) is 0 Å². The molecular weight excluding hydrogens is 140 g/mol. The number of carbonyl (C=O) groups excluding carboxylic acids is 1. The maximum Gasteiger partial charge on any atom is 0.330 e. The van der Waals surface area contributed by atoms with Crippen molar-refractivity contribution in [1.82, 2.24) is 0 Å². The lowest BCUT2D eigenvalue weighted by atomic mass is 10.1. The average molecular weight is 154 g/mol. The zero-order valence-electron chi connectivity index (χ0n) is 6.88. The van der Waals surface area contributed by atoms with Crippen LogP contribution in [-0.2, 0) is 9.53 Å². The number of rotatable bonds is 2. The lowest BCUT2D eigenvalue weighted by molar-refractivity contribution is -0.134. The molecule has 1 fully saturated rings. The molecule has 0 aromatic rings. The second kappa shape index (κ2) is 4.16. The van der Waals surface area contributed by atoms with E-state index in [-0.39, 0.29) is 5.97 Å². The van der Waals surface area contributed by atoms with Gasteiger partial charge in [0.15, 0.2) is 0 Å². The van der Waals surface area contributed by atoms with Gasteiger partial charge in [-0.15, -0.1) is 0 Å². The molecule has 0 aliphatic heterocycles. The van der Waals surface area contributed by atoms with Crippen molar-refractivity contribution in [2.45, 2.75) is 25.7 Å². The molecule has 0 N–H and O–H groups in total. The quantitative estimate of drug-likeness (QED) is 0.448. The summed E-state index contributed by atoms with van der Waals surface area (Å²) in [6.07, 6.45) is 8.57. The third kappa shape index (κ3) is 2.74. The molecule has 1 saturated carbocycles. The molecule has 1 rings (SSSR count). The Bertz CT molecular complexity index is 155. The number of esters is 1. The SMILES string of the molecule is COC(=O)C=CC1CCCC1. The van der Waals surface area contributed by atoms with Gasteiger partial charge in [0.1, 0.15) is 0 Å². The molecule has 1 aliphatic rings. The fourth-order valence-corrected chi connectivity index (χ4v) is 1.43. The standard InChI is InChI=1S/C9H14O2/c1-11-9(10)7-6-8-4-2-3-5-8/h6-8H,2-5H2,1H3. The number of hydrogen-bond donors (Lipinski definition) is 0. The summed E-state index contributed by atoms with van der Waals surface area (Å²) in [5.41, 5.74) is 0. The molecule has 0 aromatic carbocycles. The van der Waals surface area contributed by atoms with Crippen molar-refractivity contribution < 1.29 is 9.53 Å². The fourth-order valence-electron chi connectivity index (χ4n) is 1.43. The third-order valence-corrected chi connectivity index (χ3v) is 2.11. The van der Waals surface area contributed by atoms with Crippen molar-refractivity contribution in [2.24, 2.45) is 5.92 Å². The van der Waals surface area contributed by atoms with Gasteiger partial charge in [-0.1, -0.05) is 18.9 Å². The van der Waals surface area contributed by atoms with E-state index < -0.39 is 0 Å². The largest absolute Gasteiger partial charge is 0.466 e. The molecule has 1 aliphatic carbocycles. The van der Waals surface area contributed by atoms with Crippen LogP contribution in [0.15, 0.2) is 12.2 Å². The predicted molar refractivity (Wildman–Crippen MR) is 43.1 cm³/mol. The maximum absolute atomic E-state index is 10.7. The Labute approximate surface area is 67.2 Å². The molecule has 0 saturated heterocycles. The highest BCUT2D eigenvalue weighted by atomic mass is 16.5. The number of ether oxygens (including phenoxy) is 1. The van der Waals surface area contributed by atoms with E-state index >= 15 is 0 Å². The summed E-state index contributed by atoms with van der Waals surface area (Å²) < 4.78 is 4.48. The first-order valence-corrected chi connectivity index (χ1v) is 4.09. The molecule has 62 valence electrons. The minimum atomic E-state index is -0.239. The van der Waals surface area contributed by atoms with E-state index in [2.05, 4.69) is 4.74 Å². The number of allylic oxidation sites excluding steroid dienone is 1. The smallest absolute Gasteiger partial charge is 0.330 e. The van der Waals surface area contributed by atoms with Crippen molar-refractivity contribution in [3.8, 4) is 0 Å². The average Bonchev–Trinajstić information content (AvgIpc) is 2.52. The van der Waals surface area contributed by atoms with E-state index in [0.29, 0.717) is 5.92 Å². The lowest BCUT2D eigenvalue weighted by Gasteiger charge is -1.98. The summed E-state index contributed by atoms with van der Waals surface area (Å²) in [4.78, 5) is 10.7. The molecular formula is C9H14O2. The van der Waals surface area contributed by atoms with E-state index in [1.54, 1.807) is 0 Å². The van der Waals surface area contributed by atoms with Gasteiger partial charge in [0, 0.05) is 6.08 Å². The predicted octanol–water partition coefficient (Wildman–Crippen LogP) is 1.91. The number of carbonyl (C=O) groups is 1. The van der Waals surface area contributed by atoms with Gasteiger partial charge in [-0.2, -0.15) is 0 Å². The molecule has 2 nitrogen and oxygen atoms in total. The first-order valence-electron chi connectivity index (χ1n) is 4.09. The fraction of sp³-hybridized carbons (Fsp3) is 0.667. The molecule has 0 aromatic heterocycles. The third-order valence-electron chi connectivity index (χ3n) is 2.11. The summed E-state index contributed by atoms with van der Waals surface area (Å²) >= 11 is 0. The van der Waals surface area contributed by atoms with Gasteiger partial charge < -0.3 is 4.74 Å². The Morgan fingerprint density at radius 2 is 2.09 bits per heavy atom. The minimum Gasteiger partial charge on any atom is -0.466 e. The van der Waals surface area contributed by atoms with Crippen LogP contribution in [0.4, 0.5) is 0 Å². The molecule has 0 radical (unpaired) electrons. The van der Waals surface area contributed by atoms with Gasteiger partial charge in [0.2, 0.25) is 0 Å². The van der Waals surface area contributed by atoms with Crippen molar-refractivity contribution in [1.29, 1.82) is 0 Å². The van der Waals surface area contributed by atoms with Crippen LogP contribution in [0, 0.1) is 5.92 Å². The summed E-state index contributed by atoms with van der Waals surface area (Å²) in [5.74, 6) is 0.381. The van der Waals surface area contributed by atoms with E-state index in [1.807, 2.05) is 6.08 Å². The van der Waals surface area contributed by atoms with Crippen LogP contribution in [0.2, 0.25) is 0 Å².